The molecule has 3 atom stereocenters. The standard InChI is InChI=1S/C26H25FN4O7/c1-28-24(36)29-17-6-7-18-15(12-17)10-11-26(18)23(35)30(25(37)38-26)13-21(32)31-19(8-9-20(31)22(33)34)14-2-4-16(27)5-3-14/h2-7,12,19-20H,8-11,13H2,1H3,(H,33,34)(H2,28,29,36)/t19-,20+,26-/m1/s1. The minimum absolute atomic E-state index is 0.167. The summed E-state index contributed by atoms with van der Waals surface area (Å²) in [6.45, 7) is -0.688. The number of urea groups is 1. The van der Waals surface area contributed by atoms with Crippen LogP contribution in [0.5, 0.6) is 0 Å². The van der Waals surface area contributed by atoms with E-state index in [0.29, 0.717) is 34.6 Å². The van der Waals surface area contributed by atoms with Crippen molar-refractivity contribution in [3.63, 3.8) is 0 Å². The van der Waals surface area contributed by atoms with Crippen LogP contribution in [0.15, 0.2) is 42.5 Å². The summed E-state index contributed by atoms with van der Waals surface area (Å²) >= 11 is 0. The Kier molecular flexibility index (Phi) is 6.25. The fourth-order valence-electron chi connectivity index (χ4n) is 5.55. The minimum atomic E-state index is -1.59. The quantitative estimate of drug-likeness (QED) is 0.545. The van der Waals surface area contributed by atoms with Crippen LogP contribution in [0, 0.1) is 5.82 Å². The number of carbonyl (C=O) groups is 5. The molecule has 11 nitrogen and oxygen atoms in total. The molecular weight excluding hydrogens is 499 g/mol. The van der Waals surface area contributed by atoms with Crippen LogP contribution in [0.3, 0.4) is 0 Å². The van der Waals surface area contributed by atoms with Crippen LogP contribution in [-0.4, -0.2) is 64.4 Å². The van der Waals surface area contributed by atoms with Crippen LogP contribution >= 0.6 is 0 Å². The van der Waals surface area contributed by atoms with E-state index in [1.807, 2.05) is 0 Å². The number of benzene rings is 2. The zero-order chi connectivity index (χ0) is 27.2. The molecule has 5 rings (SSSR count). The second kappa shape index (κ2) is 9.43. The molecule has 3 N–H and O–H groups in total. The van der Waals surface area contributed by atoms with Gasteiger partial charge in [-0.1, -0.05) is 18.2 Å². The first kappa shape index (κ1) is 25.2. The van der Waals surface area contributed by atoms with Crippen molar-refractivity contribution in [2.24, 2.45) is 0 Å². The average molecular weight is 525 g/mol. The van der Waals surface area contributed by atoms with Gasteiger partial charge in [-0.25, -0.2) is 23.7 Å². The number of halogens is 1. The number of imide groups is 1. The van der Waals surface area contributed by atoms with Crippen molar-refractivity contribution in [2.45, 2.75) is 43.4 Å². The maximum Gasteiger partial charge on any atom is 0.418 e. The lowest BCUT2D eigenvalue weighted by Crippen LogP contribution is -2.48. The summed E-state index contributed by atoms with van der Waals surface area (Å²) in [5, 5.41) is 14.8. The van der Waals surface area contributed by atoms with Gasteiger partial charge in [0, 0.05) is 24.7 Å². The van der Waals surface area contributed by atoms with Gasteiger partial charge in [0.15, 0.2) is 0 Å². The van der Waals surface area contributed by atoms with Gasteiger partial charge >= 0.3 is 18.1 Å². The molecule has 2 heterocycles. The average Bonchev–Trinajstić information content (AvgIpc) is 3.56. The van der Waals surface area contributed by atoms with E-state index in [1.54, 1.807) is 18.2 Å². The minimum Gasteiger partial charge on any atom is -0.480 e. The van der Waals surface area contributed by atoms with Crippen LogP contribution in [-0.2, 0) is 31.1 Å². The molecule has 1 aliphatic carbocycles. The number of carboxylic acid groups (broad SMARTS) is 1. The van der Waals surface area contributed by atoms with E-state index in [-0.39, 0.29) is 12.8 Å². The molecule has 0 aromatic heterocycles. The molecule has 2 aliphatic heterocycles. The molecule has 3 aliphatic rings. The molecule has 0 radical (unpaired) electrons. The SMILES string of the molecule is CNC(=O)Nc1ccc2c(c1)CC[C@@]21OC(=O)N(CC(=O)N2[C@@H](c3ccc(F)cc3)CC[C@H]2C(=O)O)C1=O. The second-order valence-corrected chi connectivity index (χ2v) is 9.46. The summed E-state index contributed by atoms with van der Waals surface area (Å²) in [5.74, 6) is -3.11. The number of carboxylic acids is 1. The topological polar surface area (TPSA) is 145 Å². The predicted octanol–water partition coefficient (Wildman–Crippen LogP) is 2.51. The first-order valence-corrected chi connectivity index (χ1v) is 12.1. The number of ether oxygens (including phenoxy) is 1. The van der Waals surface area contributed by atoms with E-state index in [1.165, 1.54) is 31.3 Å². The number of aliphatic carboxylic acids is 1. The highest BCUT2D eigenvalue weighted by Crippen LogP contribution is 2.46. The van der Waals surface area contributed by atoms with Gasteiger partial charge in [0.2, 0.25) is 11.5 Å². The van der Waals surface area contributed by atoms with Gasteiger partial charge < -0.3 is 25.4 Å². The Morgan fingerprint density at radius 1 is 1.13 bits per heavy atom. The van der Waals surface area contributed by atoms with Crippen molar-refractivity contribution < 1.29 is 38.2 Å². The summed E-state index contributed by atoms with van der Waals surface area (Å²) in [5.41, 5.74) is 0.661. The van der Waals surface area contributed by atoms with Crippen molar-refractivity contribution in [1.29, 1.82) is 0 Å². The Hall–Kier alpha value is -4.48. The highest BCUT2D eigenvalue weighted by atomic mass is 19.1. The van der Waals surface area contributed by atoms with Crippen LogP contribution in [0.1, 0.15) is 42.0 Å². The van der Waals surface area contributed by atoms with Gasteiger partial charge in [-0.2, -0.15) is 0 Å². The van der Waals surface area contributed by atoms with E-state index in [2.05, 4.69) is 10.6 Å². The maximum absolute atomic E-state index is 13.5. The van der Waals surface area contributed by atoms with Crippen molar-refractivity contribution in [3.8, 4) is 0 Å². The molecule has 0 unspecified atom stereocenters. The van der Waals surface area contributed by atoms with Gasteiger partial charge in [0.05, 0.1) is 6.04 Å². The van der Waals surface area contributed by atoms with E-state index in [0.717, 1.165) is 10.5 Å². The molecule has 12 heteroatoms. The predicted molar refractivity (Wildman–Crippen MR) is 129 cm³/mol. The van der Waals surface area contributed by atoms with Gasteiger partial charge in [-0.3, -0.25) is 9.59 Å². The summed E-state index contributed by atoms with van der Waals surface area (Å²) in [4.78, 5) is 65.2. The highest BCUT2D eigenvalue weighted by Gasteiger charge is 2.59. The Bertz CT molecular complexity index is 1350. The number of amides is 5. The third-order valence-electron chi connectivity index (χ3n) is 7.35. The number of rotatable bonds is 5. The summed E-state index contributed by atoms with van der Waals surface area (Å²) in [6, 6.07) is 8.10. The summed E-state index contributed by atoms with van der Waals surface area (Å²) in [6.07, 6.45) is 0.0787. The molecule has 2 fully saturated rings. The molecule has 2 aromatic carbocycles. The van der Waals surface area contributed by atoms with E-state index in [9.17, 15) is 33.5 Å². The van der Waals surface area contributed by atoms with E-state index < -0.39 is 60.0 Å². The lowest BCUT2D eigenvalue weighted by molar-refractivity contribution is -0.151. The first-order chi connectivity index (χ1) is 18.1. The summed E-state index contributed by atoms with van der Waals surface area (Å²) in [7, 11) is 1.48. The third-order valence-corrected chi connectivity index (χ3v) is 7.35. The van der Waals surface area contributed by atoms with Crippen molar-refractivity contribution in [1.82, 2.24) is 15.1 Å². The third kappa shape index (κ3) is 4.11. The molecule has 38 heavy (non-hydrogen) atoms. The fraction of sp³-hybridized carbons (Fsp3) is 0.346. The molecular formula is C26H25FN4O7. The van der Waals surface area contributed by atoms with Crippen LogP contribution in [0.25, 0.3) is 0 Å². The Labute approximate surface area is 216 Å². The fourth-order valence-corrected chi connectivity index (χ4v) is 5.55. The molecule has 5 amide bonds. The van der Waals surface area contributed by atoms with Crippen LogP contribution in [0.4, 0.5) is 19.7 Å². The van der Waals surface area contributed by atoms with Crippen LogP contribution < -0.4 is 10.6 Å². The molecule has 1 spiro atoms. The maximum atomic E-state index is 13.5. The zero-order valence-electron chi connectivity index (χ0n) is 20.4. The van der Waals surface area contributed by atoms with Gasteiger partial charge in [0.1, 0.15) is 18.4 Å². The largest absolute Gasteiger partial charge is 0.480 e. The number of nitrogens with one attached hydrogen (secondary N) is 2. The van der Waals surface area contributed by atoms with Crippen LogP contribution in [0.2, 0.25) is 0 Å². The Morgan fingerprint density at radius 3 is 2.55 bits per heavy atom. The number of aryl methyl sites for hydroxylation is 1. The smallest absolute Gasteiger partial charge is 0.418 e. The highest BCUT2D eigenvalue weighted by molar-refractivity contribution is 6.06. The second-order valence-electron chi connectivity index (χ2n) is 9.46. The normalized spacial score (nSPS) is 23.9. The number of likely N-dealkylation sites (tertiary alicyclic amines) is 1. The van der Waals surface area contributed by atoms with E-state index in [4.69, 9.17) is 4.74 Å². The van der Waals surface area contributed by atoms with Gasteiger partial charge in [-0.05, 0) is 54.7 Å². The zero-order valence-corrected chi connectivity index (χ0v) is 20.4. The van der Waals surface area contributed by atoms with E-state index >= 15 is 0 Å². The van der Waals surface area contributed by atoms with Gasteiger partial charge in [0.25, 0.3) is 5.91 Å². The summed E-state index contributed by atoms with van der Waals surface area (Å²) < 4.78 is 19.0. The number of hydrogen-bond donors (Lipinski definition) is 3. The molecule has 2 aromatic rings. The molecule has 0 bridgehead atoms. The molecule has 2 saturated heterocycles. The lowest BCUT2D eigenvalue weighted by Gasteiger charge is -2.30. The van der Waals surface area contributed by atoms with Crippen molar-refractivity contribution in [2.75, 3.05) is 18.9 Å². The lowest BCUT2D eigenvalue weighted by atomic mass is 9.94. The Morgan fingerprint density at radius 2 is 1.87 bits per heavy atom. The Balaban J connectivity index is 1.38. The number of hydrogen-bond acceptors (Lipinski definition) is 6. The van der Waals surface area contributed by atoms with Gasteiger partial charge in [-0.15, -0.1) is 0 Å². The number of nitrogens with zero attached hydrogens (tertiary/aromatic N) is 2. The van der Waals surface area contributed by atoms with Crippen molar-refractivity contribution in [3.05, 3.63) is 65.0 Å². The monoisotopic (exact) mass is 524 g/mol. The first-order valence-electron chi connectivity index (χ1n) is 12.1. The number of anilines is 1. The number of carbonyl (C=O) groups excluding carboxylic acids is 4. The molecule has 0 saturated carbocycles. The van der Waals surface area contributed by atoms with Crippen molar-refractivity contribution >= 4 is 35.6 Å². The molecule has 198 valence electrons. The number of fused-ring (bicyclic) bond motifs is 2.